The first-order valence-electron chi connectivity index (χ1n) is 5.27. The number of carbonyl (C=O) groups is 2. The van der Waals surface area contributed by atoms with Gasteiger partial charge in [0.15, 0.2) is 0 Å². The van der Waals surface area contributed by atoms with Gasteiger partial charge in [-0.2, -0.15) is 5.26 Å². The minimum atomic E-state index is -1.28. The highest BCUT2D eigenvalue weighted by Gasteiger charge is 2.37. The van der Waals surface area contributed by atoms with Gasteiger partial charge >= 0.3 is 12.0 Å². The van der Waals surface area contributed by atoms with Gasteiger partial charge in [0, 0.05) is 20.1 Å². The van der Waals surface area contributed by atoms with Crippen LogP contribution in [0, 0.1) is 11.3 Å². The third-order valence-corrected chi connectivity index (χ3v) is 3.00. The second kappa shape index (κ2) is 5.53. The van der Waals surface area contributed by atoms with Crippen molar-refractivity contribution < 1.29 is 14.7 Å². The minimum Gasteiger partial charge on any atom is -0.480 e. The maximum absolute atomic E-state index is 12.0. The quantitative estimate of drug-likeness (QED) is 0.799. The Kier molecular flexibility index (Phi) is 4.95. The fourth-order valence-electron chi connectivity index (χ4n) is 1.08. The Morgan fingerprint density at radius 3 is 2.24 bits per heavy atom. The summed E-state index contributed by atoms with van der Waals surface area (Å²) in [5.74, 6) is -1.07. The molecule has 1 atom stereocenters. The SMILES string of the molecule is CC(CC#N)N(C)C(=O)N(C)C(C)(C)C(=O)O. The average molecular weight is 241 g/mol. The van der Waals surface area contributed by atoms with Crippen molar-refractivity contribution in [3.63, 3.8) is 0 Å². The molecule has 0 aromatic carbocycles. The van der Waals surface area contributed by atoms with Gasteiger partial charge in [0.25, 0.3) is 0 Å². The lowest BCUT2D eigenvalue weighted by Crippen LogP contribution is -2.55. The molecule has 6 nitrogen and oxygen atoms in total. The molecule has 17 heavy (non-hydrogen) atoms. The molecule has 0 saturated heterocycles. The van der Waals surface area contributed by atoms with Gasteiger partial charge in [0.2, 0.25) is 0 Å². The lowest BCUT2D eigenvalue weighted by Gasteiger charge is -2.36. The first-order valence-corrected chi connectivity index (χ1v) is 5.27. The number of carboxylic acids is 1. The Morgan fingerprint density at radius 1 is 1.41 bits per heavy atom. The number of likely N-dealkylation sites (N-methyl/N-ethyl adjacent to an activating group) is 1. The number of hydrogen-bond donors (Lipinski definition) is 1. The summed E-state index contributed by atoms with van der Waals surface area (Å²) in [6.45, 7) is 4.65. The molecular formula is C11H19N3O3. The first kappa shape index (κ1) is 15.2. The van der Waals surface area contributed by atoms with E-state index in [2.05, 4.69) is 0 Å². The average Bonchev–Trinajstić information content (AvgIpc) is 2.25. The van der Waals surface area contributed by atoms with Gasteiger partial charge < -0.3 is 14.9 Å². The van der Waals surface area contributed by atoms with Crippen LogP contribution < -0.4 is 0 Å². The summed E-state index contributed by atoms with van der Waals surface area (Å²) < 4.78 is 0. The number of nitriles is 1. The molecule has 0 heterocycles. The van der Waals surface area contributed by atoms with Crippen LogP contribution in [0.25, 0.3) is 0 Å². The van der Waals surface area contributed by atoms with E-state index in [0.717, 1.165) is 4.90 Å². The van der Waals surface area contributed by atoms with Gasteiger partial charge in [0.05, 0.1) is 12.5 Å². The summed E-state index contributed by atoms with van der Waals surface area (Å²) in [5, 5.41) is 17.6. The standard InChI is InChI=1S/C11H19N3O3/c1-8(6-7-12)13(4)10(17)14(5)11(2,3)9(15)16/h8H,6H2,1-5H3,(H,15,16). The van der Waals surface area contributed by atoms with Gasteiger partial charge in [-0.05, 0) is 20.8 Å². The van der Waals surface area contributed by atoms with Gasteiger partial charge in [0.1, 0.15) is 5.54 Å². The smallest absolute Gasteiger partial charge is 0.329 e. The predicted octanol–water partition coefficient (Wildman–Crippen LogP) is 1.14. The van der Waals surface area contributed by atoms with E-state index < -0.39 is 17.5 Å². The van der Waals surface area contributed by atoms with E-state index >= 15 is 0 Å². The molecule has 0 fully saturated rings. The Balaban J connectivity index is 4.83. The second-order valence-corrected chi connectivity index (χ2v) is 4.53. The van der Waals surface area contributed by atoms with E-state index in [-0.39, 0.29) is 12.5 Å². The molecular weight excluding hydrogens is 222 g/mol. The molecule has 0 spiro atoms. The molecule has 0 aromatic rings. The van der Waals surface area contributed by atoms with E-state index in [1.54, 1.807) is 14.0 Å². The second-order valence-electron chi connectivity index (χ2n) is 4.53. The van der Waals surface area contributed by atoms with Crippen molar-refractivity contribution in [3.05, 3.63) is 0 Å². The molecule has 0 aliphatic carbocycles. The maximum atomic E-state index is 12.0. The van der Waals surface area contributed by atoms with Crippen molar-refractivity contribution in [2.24, 2.45) is 0 Å². The fourth-order valence-corrected chi connectivity index (χ4v) is 1.08. The molecule has 0 aliphatic heterocycles. The highest BCUT2D eigenvalue weighted by molar-refractivity contribution is 5.85. The number of rotatable bonds is 4. The monoisotopic (exact) mass is 241 g/mol. The molecule has 0 rings (SSSR count). The fraction of sp³-hybridized carbons (Fsp3) is 0.727. The van der Waals surface area contributed by atoms with Crippen LogP contribution in [0.15, 0.2) is 0 Å². The van der Waals surface area contributed by atoms with Gasteiger partial charge in [-0.3, -0.25) is 0 Å². The number of urea groups is 1. The molecule has 1 unspecified atom stereocenters. The van der Waals surface area contributed by atoms with E-state index in [0.29, 0.717) is 0 Å². The Morgan fingerprint density at radius 2 is 1.88 bits per heavy atom. The lowest BCUT2D eigenvalue weighted by atomic mass is 10.0. The molecule has 6 heteroatoms. The first-order chi connectivity index (χ1) is 7.66. The van der Waals surface area contributed by atoms with E-state index in [1.165, 1.54) is 25.8 Å². The number of carbonyl (C=O) groups excluding carboxylic acids is 1. The number of aliphatic carboxylic acids is 1. The van der Waals surface area contributed by atoms with Gasteiger partial charge in [-0.1, -0.05) is 0 Å². The van der Waals surface area contributed by atoms with Crippen LogP contribution in [-0.4, -0.2) is 52.6 Å². The normalized spacial score (nSPS) is 12.5. The largest absolute Gasteiger partial charge is 0.480 e. The molecule has 96 valence electrons. The van der Waals surface area contributed by atoms with Crippen LogP contribution in [0.2, 0.25) is 0 Å². The highest BCUT2D eigenvalue weighted by atomic mass is 16.4. The van der Waals surface area contributed by atoms with Crippen molar-refractivity contribution in [3.8, 4) is 6.07 Å². The highest BCUT2D eigenvalue weighted by Crippen LogP contribution is 2.15. The summed E-state index contributed by atoms with van der Waals surface area (Å²) in [7, 11) is 2.99. The van der Waals surface area contributed by atoms with Crippen LogP contribution in [0.4, 0.5) is 4.79 Å². The third-order valence-electron chi connectivity index (χ3n) is 3.00. The molecule has 0 saturated carbocycles. The Labute approximate surface area is 101 Å². The van der Waals surface area contributed by atoms with Crippen LogP contribution in [0.5, 0.6) is 0 Å². The molecule has 0 aliphatic rings. The van der Waals surface area contributed by atoms with E-state index in [1.807, 2.05) is 6.07 Å². The van der Waals surface area contributed by atoms with Crippen molar-refractivity contribution >= 4 is 12.0 Å². The van der Waals surface area contributed by atoms with Crippen LogP contribution in [0.3, 0.4) is 0 Å². The Hall–Kier alpha value is -1.77. The molecule has 0 aromatic heterocycles. The summed E-state index contributed by atoms with van der Waals surface area (Å²) in [6.07, 6.45) is 0.212. The van der Waals surface area contributed by atoms with Crippen LogP contribution in [-0.2, 0) is 4.79 Å². The summed E-state index contributed by atoms with van der Waals surface area (Å²) in [6, 6.07) is 1.31. The van der Waals surface area contributed by atoms with E-state index in [9.17, 15) is 9.59 Å². The zero-order valence-corrected chi connectivity index (χ0v) is 10.9. The van der Waals surface area contributed by atoms with Gasteiger partial charge in [-0.15, -0.1) is 0 Å². The summed E-state index contributed by atoms with van der Waals surface area (Å²) in [5.41, 5.74) is -1.28. The maximum Gasteiger partial charge on any atom is 0.329 e. The van der Waals surface area contributed by atoms with Gasteiger partial charge in [-0.25, -0.2) is 9.59 Å². The number of amides is 2. The molecule has 0 bridgehead atoms. The number of carboxylic acid groups (broad SMARTS) is 1. The summed E-state index contributed by atoms with van der Waals surface area (Å²) >= 11 is 0. The number of hydrogen-bond acceptors (Lipinski definition) is 3. The van der Waals surface area contributed by atoms with Crippen LogP contribution >= 0.6 is 0 Å². The third kappa shape index (κ3) is 3.34. The van der Waals surface area contributed by atoms with Crippen molar-refractivity contribution in [1.82, 2.24) is 9.80 Å². The molecule has 1 N–H and O–H groups in total. The minimum absolute atomic E-state index is 0.212. The summed E-state index contributed by atoms with van der Waals surface area (Å²) in [4.78, 5) is 25.5. The lowest BCUT2D eigenvalue weighted by molar-refractivity contribution is -0.147. The van der Waals surface area contributed by atoms with Crippen molar-refractivity contribution in [2.45, 2.75) is 38.8 Å². The predicted molar refractivity (Wildman–Crippen MR) is 62.3 cm³/mol. The van der Waals surface area contributed by atoms with Crippen molar-refractivity contribution in [2.75, 3.05) is 14.1 Å². The molecule has 2 amide bonds. The van der Waals surface area contributed by atoms with E-state index in [4.69, 9.17) is 10.4 Å². The number of nitrogens with zero attached hydrogens (tertiary/aromatic N) is 3. The van der Waals surface area contributed by atoms with Crippen LogP contribution in [0.1, 0.15) is 27.2 Å². The van der Waals surface area contributed by atoms with Crippen molar-refractivity contribution in [1.29, 1.82) is 5.26 Å². The zero-order valence-electron chi connectivity index (χ0n) is 10.9. The Bertz CT molecular complexity index is 346. The zero-order chi connectivity index (χ0) is 13.8. The topological polar surface area (TPSA) is 84.6 Å². The molecule has 0 radical (unpaired) electrons.